The number of carboxylic acids is 1. The second kappa shape index (κ2) is 6.74. The lowest BCUT2D eigenvalue weighted by Crippen LogP contribution is -2.40. The molecule has 0 bridgehead atoms. The second-order valence-electron chi connectivity index (χ2n) is 5.88. The number of hydrogen-bond acceptors (Lipinski definition) is 4. The maximum Gasteiger partial charge on any atom is 0.337 e. The van der Waals surface area contributed by atoms with E-state index in [9.17, 15) is 9.90 Å². The van der Waals surface area contributed by atoms with Crippen LogP contribution in [0.5, 0.6) is 0 Å². The Hall–Kier alpha value is -3.57. The highest BCUT2D eigenvalue weighted by Crippen LogP contribution is 2.27. The largest absolute Gasteiger partial charge is 0.478 e. The van der Waals surface area contributed by atoms with Crippen LogP contribution in [-0.4, -0.2) is 11.1 Å². The molecule has 0 fully saturated rings. The number of carboxylic acid groups (broad SMARTS) is 1. The van der Waals surface area contributed by atoms with Crippen molar-refractivity contribution >= 4 is 17.3 Å². The number of anilines is 2. The Morgan fingerprint density at radius 3 is 2.27 bits per heavy atom. The van der Waals surface area contributed by atoms with E-state index in [0.717, 1.165) is 16.8 Å². The van der Waals surface area contributed by atoms with Crippen molar-refractivity contribution in [2.75, 3.05) is 10.0 Å². The standard InChI is InChI=1S/C21H17N3O2/c25-21(26)19-11-4-5-12-20(19)24-14-13-23(22-24)18-10-6-9-17(15-18)16-7-2-1-3-8-16/h1-15,22H,(H,25,26). The molecule has 3 aromatic rings. The zero-order valence-corrected chi connectivity index (χ0v) is 13.9. The summed E-state index contributed by atoms with van der Waals surface area (Å²) in [5.74, 6) is -0.958. The third-order valence-corrected chi connectivity index (χ3v) is 4.21. The molecule has 0 aromatic heterocycles. The maximum absolute atomic E-state index is 11.4. The lowest BCUT2D eigenvalue weighted by atomic mass is 10.1. The Morgan fingerprint density at radius 1 is 0.769 bits per heavy atom. The Balaban J connectivity index is 1.59. The molecule has 0 saturated carbocycles. The summed E-state index contributed by atoms with van der Waals surface area (Å²) >= 11 is 0. The number of hydrazine groups is 2. The third-order valence-electron chi connectivity index (χ3n) is 4.21. The molecule has 0 radical (unpaired) electrons. The summed E-state index contributed by atoms with van der Waals surface area (Å²) < 4.78 is 0. The summed E-state index contributed by atoms with van der Waals surface area (Å²) in [5.41, 5.74) is 7.23. The summed E-state index contributed by atoms with van der Waals surface area (Å²) in [5, 5.41) is 12.9. The molecular weight excluding hydrogens is 326 g/mol. The lowest BCUT2D eigenvalue weighted by Gasteiger charge is -2.24. The van der Waals surface area contributed by atoms with Crippen molar-refractivity contribution in [2.45, 2.75) is 0 Å². The van der Waals surface area contributed by atoms with E-state index in [4.69, 9.17) is 0 Å². The molecule has 0 unspecified atom stereocenters. The van der Waals surface area contributed by atoms with Crippen molar-refractivity contribution in [3.05, 3.63) is 96.8 Å². The fourth-order valence-corrected chi connectivity index (χ4v) is 2.92. The number of benzene rings is 3. The number of para-hydroxylation sites is 1. The van der Waals surface area contributed by atoms with E-state index in [2.05, 4.69) is 29.8 Å². The second-order valence-corrected chi connectivity index (χ2v) is 5.88. The summed E-state index contributed by atoms with van der Waals surface area (Å²) in [6.45, 7) is 0. The highest BCUT2D eigenvalue weighted by molar-refractivity contribution is 5.94. The van der Waals surface area contributed by atoms with Gasteiger partial charge in [-0.15, -0.1) is 5.53 Å². The molecule has 5 heteroatoms. The zero-order chi connectivity index (χ0) is 17.9. The van der Waals surface area contributed by atoms with Gasteiger partial charge in [-0.05, 0) is 35.4 Å². The molecule has 2 N–H and O–H groups in total. The van der Waals surface area contributed by atoms with Crippen LogP contribution < -0.4 is 15.6 Å². The molecule has 3 aromatic carbocycles. The Labute approximate surface area is 151 Å². The summed E-state index contributed by atoms with van der Waals surface area (Å²) in [6, 6.07) is 25.2. The van der Waals surface area contributed by atoms with E-state index in [1.807, 2.05) is 47.6 Å². The SMILES string of the molecule is O=C(O)c1ccccc1N1C=CN(c2cccc(-c3ccccc3)c2)N1. The van der Waals surface area contributed by atoms with Crippen LogP contribution in [-0.2, 0) is 0 Å². The first-order valence-electron chi connectivity index (χ1n) is 8.23. The van der Waals surface area contributed by atoms with Gasteiger partial charge in [0.2, 0.25) is 0 Å². The Kier molecular flexibility index (Phi) is 4.13. The van der Waals surface area contributed by atoms with Crippen LogP contribution in [0, 0.1) is 0 Å². The van der Waals surface area contributed by atoms with Crippen LogP contribution in [0.1, 0.15) is 10.4 Å². The molecule has 0 atom stereocenters. The van der Waals surface area contributed by atoms with Crippen LogP contribution in [0.15, 0.2) is 91.3 Å². The van der Waals surface area contributed by atoms with Crippen LogP contribution in [0.25, 0.3) is 11.1 Å². The monoisotopic (exact) mass is 343 g/mol. The van der Waals surface area contributed by atoms with E-state index in [-0.39, 0.29) is 5.56 Å². The van der Waals surface area contributed by atoms with Crippen LogP contribution in [0.3, 0.4) is 0 Å². The highest BCUT2D eigenvalue weighted by atomic mass is 16.4. The summed E-state index contributed by atoms with van der Waals surface area (Å²) in [7, 11) is 0. The van der Waals surface area contributed by atoms with Gasteiger partial charge in [-0.25, -0.2) is 4.79 Å². The number of nitrogens with zero attached hydrogens (tertiary/aromatic N) is 2. The van der Waals surface area contributed by atoms with Gasteiger partial charge >= 0.3 is 5.97 Å². The smallest absolute Gasteiger partial charge is 0.337 e. The molecule has 1 heterocycles. The van der Waals surface area contributed by atoms with E-state index in [1.165, 1.54) is 0 Å². The average Bonchev–Trinajstić information content (AvgIpc) is 3.19. The highest BCUT2D eigenvalue weighted by Gasteiger charge is 2.20. The first-order valence-corrected chi connectivity index (χ1v) is 8.23. The number of carbonyl (C=O) groups is 1. The minimum Gasteiger partial charge on any atom is -0.478 e. The first kappa shape index (κ1) is 15.9. The van der Waals surface area contributed by atoms with E-state index in [1.54, 1.807) is 29.4 Å². The first-order chi connectivity index (χ1) is 12.7. The molecule has 0 spiro atoms. The van der Waals surface area contributed by atoms with Crippen molar-refractivity contribution in [3.63, 3.8) is 0 Å². The van der Waals surface area contributed by atoms with Gasteiger partial charge in [0, 0.05) is 12.4 Å². The predicted octanol–water partition coefficient (Wildman–Crippen LogP) is 4.27. The quantitative estimate of drug-likeness (QED) is 0.741. The van der Waals surface area contributed by atoms with Gasteiger partial charge in [-0.1, -0.05) is 54.6 Å². The fourth-order valence-electron chi connectivity index (χ4n) is 2.92. The van der Waals surface area contributed by atoms with E-state index >= 15 is 0 Å². The van der Waals surface area contributed by atoms with Gasteiger partial charge in [0.1, 0.15) is 0 Å². The number of aromatic carboxylic acids is 1. The van der Waals surface area contributed by atoms with Crippen LogP contribution in [0.4, 0.5) is 11.4 Å². The van der Waals surface area contributed by atoms with E-state index < -0.39 is 5.97 Å². The molecule has 0 saturated heterocycles. The minimum atomic E-state index is -0.958. The molecule has 26 heavy (non-hydrogen) atoms. The van der Waals surface area contributed by atoms with Crippen molar-refractivity contribution in [1.29, 1.82) is 0 Å². The molecule has 1 aliphatic heterocycles. The van der Waals surface area contributed by atoms with E-state index in [0.29, 0.717) is 5.69 Å². The number of nitrogens with one attached hydrogen (secondary N) is 1. The molecular formula is C21H17N3O2. The van der Waals surface area contributed by atoms with Crippen molar-refractivity contribution in [3.8, 4) is 11.1 Å². The van der Waals surface area contributed by atoms with Gasteiger partial charge in [0.25, 0.3) is 0 Å². The third kappa shape index (κ3) is 3.03. The lowest BCUT2D eigenvalue weighted by molar-refractivity contribution is 0.0697. The van der Waals surface area contributed by atoms with Crippen molar-refractivity contribution in [2.24, 2.45) is 0 Å². The van der Waals surface area contributed by atoms with Gasteiger partial charge in [-0.3, -0.25) is 10.0 Å². The maximum atomic E-state index is 11.4. The Morgan fingerprint density at radius 2 is 1.46 bits per heavy atom. The minimum absolute atomic E-state index is 0.240. The zero-order valence-electron chi connectivity index (χ0n) is 13.9. The van der Waals surface area contributed by atoms with Gasteiger partial charge in [-0.2, -0.15) is 0 Å². The molecule has 4 rings (SSSR count). The molecule has 128 valence electrons. The summed E-state index contributed by atoms with van der Waals surface area (Å²) in [6.07, 6.45) is 3.67. The van der Waals surface area contributed by atoms with Crippen LogP contribution >= 0.6 is 0 Å². The predicted molar refractivity (Wildman–Crippen MR) is 103 cm³/mol. The number of rotatable bonds is 4. The topological polar surface area (TPSA) is 55.8 Å². The fraction of sp³-hybridized carbons (Fsp3) is 0. The Bertz CT molecular complexity index is 970. The normalized spacial score (nSPS) is 13.2. The molecule has 0 aliphatic carbocycles. The molecule has 1 aliphatic rings. The average molecular weight is 343 g/mol. The number of hydrogen-bond donors (Lipinski definition) is 2. The van der Waals surface area contributed by atoms with Gasteiger partial charge in [0.05, 0.1) is 16.9 Å². The summed E-state index contributed by atoms with van der Waals surface area (Å²) in [4.78, 5) is 11.4. The van der Waals surface area contributed by atoms with Crippen molar-refractivity contribution < 1.29 is 9.90 Å². The van der Waals surface area contributed by atoms with Gasteiger partial charge < -0.3 is 5.11 Å². The molecule has 5 nitrogen and oxygen atoms in total. The van der Waals surface area contributed by atoms with Crippen LogP contribution in [0.2, 0.25) is 0 Å². The molecule has 0 amide bonds. The van der Waals surface area contributed by atoms with Gasteiger partial charge in [0.15, 0.2) is 0 Å². The van der Waals surface area contributed by atoms with Crippen molar-refractivity contribution in [1.82, 2.24) is 5.53 Å².